The predicted molar refractivity (Wildman–Crippen MR) is 99.3 cm³/mol. The van der Waals surface area contributed by atoms with Gasteiger partial charge in [-0.05, 0) is 23.8 Å². The summed E-state index contributed by atoms with van der Waals surface area (Å²) in [6.07, 6.45) is 0. The number of hydrogen-bond donors (Lipinski definition) is 1. The Kier molecular flexibility index (Phi) is 4.75. The van der Waals surface area contributed by atoms with Crippen molar-refractivity contribution in [1.29, 1.82) is 0 Å². The number of methoxy groups -OCH3 is 1. The maximum atomic E-state index is 12.4. The fourth-order valence-corrected chi connectivity index (χ4v) is 3.40. The molecule has 0 bridgehead atoms. The molecule has 0 spiro atoms. The monoisotopic (exact) mass is 398 g/mol. The zero-order chi connectivity index (χ0) is 20.5. The van der Waals surface area contributed by atoms with Gasteiger partial charge in [0.1, 0.15) is 23.9 Å². The Balaban J connectivity index is 1.92. The summed E-state index contributed by atoms with van der Waals surface area (Å²) in [4.78, 5) is 24.1. The molecule has 1 unspecified atom stereocenters. The van der Waals surface area contributed by atoms with Crippen LogP contribution < -0.4 is 18.9 Å². The highest BCUT2D eigenvalue weighted by Crippen LogP contribution is 2.46. The van der Waals surface area contributed by atoms with Crippen LogP contribution in [0, 0.1) is 0 Å². The molecule has 2 heterocycles. The molecule has 150 valence electrons. The number of aliphatic hydroxyl groups is 1. The summed E-state index contributed by atoms with van der Waals surface area (Å²) in [7, 11) is 1.55. The Morgan fingerprint density at radius 1 is 1.10 bits per heavy atom. The number of hydrogen-bond acceptors (Lipinski definition) is 8. The molecular weight excluding hydrogens is 380 g/mol. The third kappa shape index (κ3) is 3.44. The molecule has 0 fully saturated rings. The maximum absolute atomic E-state index is 12.4. The highest BCUT2D eigenvalue weighted by atomic mass is 16.7. The van der Waals surface area contributed by atoms with E-state index in [0.29, 0.717) is 28.4 Å². The van der Waals surface area contributed by atoms with Gasteiger partial charge in [0.25, 0.3) is 0 Å². The third-order valence-corrected chi connectivity index (χ3v) is 4.68. The van der Waals surface area contributed by atoms with Crippen LogP contribution in [0.1, 0.15) is 24.0 Å². The SMILES string of the molecule is COc1ccc(C(C2=C(O)COC2=O)c2cc3c(cc2OC(C)=O)OCO3)cc1. The summed E-state index contributed by atoms with van der Waals surface area (Å²) in [6.45, 7) is 1.09. The van der Waals surface area contributed by atoms with Gasteiger partial charge in [-0.15, -0.1) is 0 Å². The van der Waals surface area contributed by atoms with Crippen molar-refractivity contribution in [3.8, 4) is 23.0 Å². The Hall–Kier alpha value is -3.68. The average molecular weight is 398 g/mol. The van der Waals surface area contributed by atoms with Crippen LogP contribution in [-0.4, -0.2) is 37.6 Å². The Morgan fingerprint density at radius 3 is 2.38 bits per heavy atom. The van der Waals surface area contributed by atoms with E-state index in [1.54, 1.807) is 37.4 Å². The number of rotatable bonds is 5. The van der Waals surface area contributed by atoms with Gasteiger partial charge in [-0.2, -0.15) is 0 Å². The van der Waals surface area contributed by atoms with Gasteiger partial charge in [0, 0.05) is 24.5 Å². The van der Waals surface area contributed by atoms with Gasteiger partial charge in [0.2, 0.25) is 6.79 Å². The number of benzene rings is 2. The quantitative estimate of drug-likeness (QED) is 0.606. The first-order valence-corrected chi connectivity index (χ1v) is 8.83. The maximum Gasteiger partial charge on any atom is 0.338 e. The van der Waals surface area contributed by atoms with Crippen LogP contribution >= 0.6 is 0 Å². The van der Waals surface area contributed by atoms with E-state index in [9.17, 15) is 14.7 Å². The van der Waals surface area contributed by atoms with Crippen molar-refractivity contribution in [3.05, 3.63) is 58.9 Å². The summed E-state index contributed by atoms with van der Waals surface area (Å²) in [5, 5.41) is 10.4. The highest BCUT2D eigenvalue weighted by Gasteiger charge is 2.37. The first-order chi connectivity index (χ1) is 14.0. The summed E-state index contributed by atoms with van der Waals surface area (Å²) in [5.41, 5.74) is 1.19. The normalized spacial score (nSPS) is 15.9. The summed E-state index contributed by atoms with van der Waals surface area (Å²) < 4.78 is 26.4. The molecule has 0 amide bonds. The topological polar surface area (TPSA) is 101 Å². The molecular formula is C21H18O8. The molecule has 0 aromatic heterocycles. The summed E-state index contributed by atoms with van der Waals surface area (Å²) in [5.74, 6) is -0.428. The molecule has 8 nitrogen and oxygen atoms in total. The van der Waals surface area contributed by atoms with Crippen molar-refractivity contribution in [3.63, 3.8) is 0 Å². The van der Waals surface area contributed by atoms with Gasteiger partial charge >= 0.3 is 11.9 Å². The Labute approximate surface area is 166 Å². The van der Waals surface area contributed by atoms with E-state index in [-0.39, 0.29) is 30.5 Å². The molecule has 0 radical (unpaired) electrons. The van der Waals surface area contributed by atoms with Crippen molar-refractivity contribution < 1.29 is 38.4 Å². The van der Waals surface area contributed by atoms with Crippen LogP contribution in [0.25, 0.3) is 0 Å². The molecule has 29 heavy (non-hydrogen) atoms. The Morgan fingerprint density at radius 2 is 1.79 bits per heavy atom. The summed E-state index contributed by atoms with van der Waals surface area (Å²) >= 11 is 0. The zero-order valence-electron chi connectivity index (χ0n) is 15.8. The van der Waals surface area contributed by atoms with Crippen molar-refractivity contribution in [2.24, 2.45) is 0 Å². The lowest BCUT2D eigenvalue weighted by Crippen LogP contribution is -2.14. The van der Waals surface area contributed by atoms with Gasteiger partial charge in [0.05, 0.1) is 12.7 Å². The molecule has 2 aromatic rings. The minimum Gasteiger partial charge on any atom is -0.508 e. The van der Waals surface area contributed by atoms with Gasteiger partial charge < -0.3 is 28.8 Å². The molecule has 0 saturated carbocycles. The standard InChI is InChI=1S/C21H18O8/c1-11(22)29-16-8-18-17(27-10-28-18)7-14(16)19(20-15(23)9-26-21(20)24)12-3-5-13(25-2)6-4-12/h3-8,19,23H,9-10H2,1-2H3. The number of carbonyl (C=O) groups is 2. The van der Waals surface area contributed by atoms with Gasteiger partial charge in [0.15, 0.2) is 11.5 Å². The molecule has 2 aliphatic heterocycles. The van der Waals surface area contributed by atoms with E-state index < -0.39 is 17.9 Å². The number of ether oxygens (including phenoxy) is 5. The van der Waals surface area contributed by atoms with Crippen LogP contribution in [0.5, 0.6) is 23.0 Å². The van der Waals surface area contributed by atoms with Crippen LogP contribution in [0.15, 0.2) is 47.7 Å². The lowest BCUT2D eigenvalue weighted by Gasteiger charge is -2.21. The predicted octanol–water partition coefficient (Wildman–Crippen LogP) is 2.85. The fourth-order valence-electron chi connectivity index (χ4n) is 3.40. The summed E-state index contributed by atoms with van der Waals surface area (Å²) in [6, 6.07) is 10.2. The highest BCUT2D eigenvalue weighted by molar-refractivity contribution is 5.94. The fraction of sp³-hybridized carbons (Fsp3) is 0.238. The molecule has 0 aliphatic carbocycles. The van der Waals surface area contributed by atoms with Crippen LogP contribution in [0.4, 0.5) is 0 Å². The van der Waals surface area contributed by atoms with E-state index in [0.717, 1.165) is 0 Å². The molecule has 2 aromatic carbocycles. The molecule has 1 N–H and O–H groups in total. The second-order valence-corrected chi connectivity index (χ2v) is 6.48. The van der Waals surface area contributed by atoms with Crippen molar-refractivity contribution in [2.45, 2.75) is 12.8 Å². The van der Waals surface area contributed by atoms with Gasteiger partial charge in [-0.1, -0.05) is 12.1 Å². The van der Waals surface area contributed by atoms with E-state index in [1.807, 2.05) is 0 Å². The molecule has 8 heteroatoms. The van der Waals surface area contributed by atoms with E-state index in [2.05, 4.69) is 0 Å². The zero-order valence-corrected chi connectivity index (χ0v) is 15.8. The van der Waals surface area contributed by atoms with Crippen LogP contribution in [-0.2, 0) is 14.3 Å². The smallest absolute Gasteiger partial charge is 0.338 e. The van der Waals surface area contributed by atoms with Crippen molar-refractivity contribution in [2.75, 3.05) is 20.5 Å². The third-order valence-electron chi connectivity index (χ3n) is 4.68. The number of esters is 2. The van der Waals surface area contributed by atoms with Gasteiger partial charge in [-0.3, -0.25) is 4.79 Å². The minimum absolute atomic E-state index is 0.0293. The molecule has 0 saturated heterocycles. The number of aliphatic hydroxyl groups excluding tert-OH is 1. The van der Waals surface area contributed by atoms with Crippen LogP contribution in [0.3, 0.4) is 0 Å². The van der Waals surface area contributed by atoms with Crippen molar-refractivity contribution >= 4 is 11.9 Å². The number of fused-ring (bicyclic) bond motifs is 1. The first kappa shape index (κ1) is 18.7. The molecule has 1 atom stereocenters. The molecule has 2 aliphatic rings. The van der Waals surface area contributed by atoms with E-state index in [4.69, 9.17) is 23.7 Å². The van der Waals surface area contributed by atoms with E-state index in [1.165, 1.54) is 13.0 Å². The number of cyclic esters (lactones) is 1. The number of carbonyl (C=O) groups excluding carboxylic acids is 2. The van der Waals surface area contributed by atoms with Crippen LogP contribution in [0.2, 0.25) is 0 Å². The van der Waals surface area contributed by atoms with Gasteiger partial charge in [-0.25, -0.2) is 4.79 Å². The molecule has 4 rings (SSSR count). The Bertz CT molecular complexity index is 1010. The largest absolute Gasteiger partial charge is 0.508 e. The minimum atomic E-state index is -0.764. The average Bonchev–Trinajstić information content (AvgIpc) is 3.29. The second-order valence-electron chi connectivity index (χ2n) is 6.48. The second kappa shape index (κ2) is 7.38. The first-order valence-electron chi connectivity index (χ1n) is 8.83. The lowest BCUT2D eigenvalue weighted by atomic mass is 9.83. The van der Waals surface area contributed by atoms with E-state index >= 15 is 0 Å². The van der Waals surface area contributed by atoms with Crippen molar-refractivity contribution in [1.82, 2.24) is 0 Å². The lowest BCUT2D eigenvalue weighted by molar-refractivity contribution is -0.136.